The molecule has 0 aromatic heterocycles. The Hall–Kier alpha value is -1.90. The number of nitrogens with zero attached hydrogens (tertiary/aromatic N) is 1. The molecule has 3 heteroatoms. The van der Waals surface area contributed by atoms with Crippen LogP contribution in [0.25, 0.3) is 0 Å². The van der Waals surface area contributed by atoms with Crippen molar-refractivity contribution in [1.82, 2.24) is 4.90 Å². The number of carbonyl (C=O) groups excluding carboxylic acids is 2. The topological polar surface area (TPSA) is 37.4 Å². The highest BCUT2D eigenvalue weighted by atomic mass is 16.2. The number of hydrogen-bond acceptors (Lipinski definition) is 2. The molecule has 1 aromatic carbocycles. The van der Waals surface area contributed by atoms with E-state index in [0.717, 1.165) is 11.1 Å². The molecule has 17 heavy (non-hydrogen) atoms. The van der Waals surface area contributed by atoms with Crippen molar-refractivity contribution in [2.75, 3.05) is 6.54 Å². The molecular formula is C14H15NO2. The molecule has 0 saturated heterocycles. The zero-order valence-corrected chi connectivity index (χ0v) is 10.3. The molecule has 0 spiro atoms. The van der Waals surface area contributed by atoms with Gasteiger partial charge in [-0.15, -0.1) is 0 Å². The molecular weight excluding hydrogens is 214 g/mol. The molecule has 88 valence electrons. The molecule has 0 aliphatic carbocycles. The number of fused-ring (bicyclic) bond motifs is 1. The predicted octanol–water partition coefficient (Wildman–Crippen LogP) is 2.64. The first kappa shape index (κ1) is 11.6. The van der Waals surface area contributed by atoms with Crippen LogP contribution in [0, 0.1) is 0 Å². The van der Waals surface area contributed by atoms with E-state index in [1.165, 1.54) is 4.90 Å². The van der Waals surface area contributed by atoms with Crippen molar-refractivity contribution in [2.45, 2.75) is 20.8 Å². The summed E-state index contributed by atoms with van der Waals surface area (Å²) in [5.41, 5.74) is 3.22. The second kappa shape index (κ2) is 4.17. The summed E-state index contributed by atoms with van der Waals surface area (Å²) in [4.78, 5) is 25.4. The SMILES string of the molecule is CC(C)=C(C)CN1C(=O)c2ccccc2C1=O. The van der Waals surface area contributed by atoms with Crippen LogP contribution in [0.15, 0.2) is 35.4 Å². The lowest BCUT2D eigenvalue weighted by molar-refractivity contribution is 0.0668. The molecule has 1 aliphatic rings. The van der Waals surface area contributed by atoms with Gasteiger partial charge >= 0.3 is 0 Å². The lowest BCUT2D eigenvalue weighted by Crippen LogP contribution is -2.31. The zero-order chi connectivity index (χ0) is 12.6. The summed E-state index contributed by atoms with van der Waals surface area (Å²) in [5, 5.41) is 0. The van der Waals surface area contributed by atoms with E-state index in [9.17, 15) is 9.59 Å². The molecule has 1 heterocycles. The van der Waals surface area contributed by atoms with Crippen LogP contribution in [0.4, 0.5) is 0 Å². The summed E-state index contributed by atoms with van der Waals surface area (Å²) >= 11 is 0. The molecule has 0 radical (unpaired) electrons. The molecule has 0 bridgehead atoms. The summed E-state index contributed by atoms with van der Waals surface area (Å²) < 4.78 is 0. The summed E-state index contributed by atoms with van der Waals surface area (Å²) in [5.74, 6) is -0.377. The maximum Gasteiger partial charge on any atom is 0.261 e. The standard InChI is InChI=1S/C14H15NO2/c1-9(2)10(3)8-15-13(16)11-6-4-5-7-12(11)14(15)17/h4-7H,8H2,1-3H3. The normalized spacial score (nSPS) is 13.9. The van der Waals surface area contributed by atoms with Crippen LogP contribution in [-0.4, -0.2) is 23.3 Å². The molecule has 0 fully saturated rings. The third kappa shape index (κ3) is 1.88. The van der Waals surface area contributed by atoms with Gasteiger partial charge in [-0.1, -0.05) is 23.3 Å². The van der Waals surface area contributed by atoms with Crippen molar-refractivity contribution in [3.05, 3.63) is 46.5 Å². The van der Waals surface area contributed by atoms with Gasteiger partial charge in [-0.3, -0.25) is 14.5 Å². The van der Waals surface area contributed by atoms with Crippen LogP contribution in [0.5, 0.6) is 0 Å². The van der Waals surface area contributed by atoms with E-state index in [2.05, 4.69) is 0 Å². The number of imide groups is 1. The van der Waals surface area contributed by atoms with E-state index in [4.69, 9.17) is 0 Å². The lowest BCUT2D eigenvalue weighted by atomic mass is 10.1. The van der Waals surface area contributed by atoms with Crippen LogP contribution in [-0.2, 0) is 0 Å². The Morgan fingerprint density at radius 3 is 1.88 bits per heavy atom. The van der Waals surface area contributed by atoms with E-state index in [1.54, 1.807) is 24.3 Å². The van der Waals surface area contributed by atoms with Gasteiger partial charge in [-0.05, 0) is 32.9 Å². The fraction of sp³-hybridized carbons (Fsp3) is 0.286. The molecule has 0 unspecified atom stereocenters. The molecule has 0 saturated carbocycles. The fourth-order valence-electron chi connectivity index (χ4n) is 1.78. The number of hydrogen-bond donors (Lipinski definition) is 0. The van der Waals surface area contributed by atoms with Gasteiger partial charge in [0.25, 0.3) is 11.8 Å². The number of allylic oxidation sites excluding steroid dienone is 1. The highest BCUT2D eigenvalue weighted by Crippen LogP contribution is 2.23. The lowest BCUT2D eigenvalue weighted by Gasteiger charge is -2.15. The highest BCUT2D eigenvalue weighted by molar-refractivity contribution is 6.21. The van der Waals surface area contributed by atoms with Crippen molar-refractivity contribution in [2.24, 2.45) is 0 Å². The minimum Gasteiger partial charge on any atom is -0.270 e. The summed E-state index contributed by atoms with van der Waals surface area (Å²) in [7, 11) is 0. The Bertz CT molecular complexity index is 490. The Labute approximate surface area is 101 Å². The highest BCUT2D eigenvalue weighted by Gasteiger charge is 2.34. The largest absolute Gasteiger partial charge is 0.270 e. The molecule has 2 amide bonds. The number of rotatable bonds is 2. The van der Waals surface area contributed by atoms with E-state index < -0.39 is 0 Å². The van der Waals surface area contributed by atoms with Crippen molar-refractivity contribution in [3.63, 3.8) is 0 Å². The first-order valence-corrected chi connectivity index (χ1v) is 5.60. The number of carbonyl (C=O) groups is 2. The van der Waals surface area contributed by atoms with E-state index in [0.29, 0.717) is 17.7 Å². The molecule has 0 N–H and O–H groups in total. The van der Waals surface area contributed by atoms with Crippen LogP contribution < -0.4 is 0 Å². The van der Waals surface area contributed by atoms with Gasteiger partial charge in [0, 0.05) is 0 Å². The predicted molar refractivity (Wildman–Crippen MR) is 65.9 cm³/mol. The zero-order valence-electron chi connectivity index (χ0n) is 10.3. The average Bonchev–Trinajstić information content (AvgIpc) is 2.55. The van der Waals surface area contributed by atoms with Crippen molar-refractivity contribution >= 4 is 11.8 Å². The van der Waals surface area contributed by atoms with Crippen LogP contribution >= 0.6 is 0 Å². The smallest absolute Gasteiger partial charge is 0.261 e. The number of amides is 2. The number of benzene rings is 1. The van der Waals surface area contributed by atoms with Crippen LogP contribution in [0.2, 0.25) is 0 Å². The second-order valence-electron chi connectivity index (χ2n) is 4.52. The van der Waals surface area contributed by atoms with Gasteiger partial charge in [0.15, 0.2) is 0 Å². The van der Waals surface area contributed by atoms with E-state index >= 15 is 0 Å². The first-order chi connectivity index (χ1) is 8.02. The average molecular weight is 229 g/mol. The van der Waals surface area contributed by atoms with Gasteiger partial charge in [0.2, 0.25) is 0 Å². The summed E-state index contributed by atoms with van der Waals surface area (Å²) in [6.07, 6.45) is 0. The molecule has 2 rings (SSSR count). The third-order valence-corrected chi connectivity index (χ3v) is 3.13. The Balaban J connectivity index is 2.34. The minimum absolute atomic E-state index is 0.189. The van der Waals surface area contributed by atoms with Gasteiger partial charge < -0.3 is 0 Å². The van der Waals surface area contributed by atoms with Crippen molar-refractivity contribution < 1.29 is 9.59 Å². The fourth-order valence-corrected chi connectivity index (χ4v) is 1.78. The summed E-state index contributed by atoms with van der Waals surface area (Å²) in [6.45, 7) is 6.29. The molecule has 1 aromatic rings. The molecule has 0 atom stereocenters. The van der Waals surface area contributed by atoms with Crippen molar-refractivity contribution in [3.8, 4) is 0 Å². The van der Waals surface area contributed by atoms with Crippen LogP contribution in [0.3, 0.4) is 0 Å². The minimum atomic E-state index is -0.189. The van der Waals surface area contributed by atoms with Gasteiger partial charge in [0.1, 0.15) is 0 Å². The maximum atomic E-state index is 12.0. The maximum absolute atomic E-state index is 12.0. The Kier molecular flexibility index (Phi) is 2.84. The Morgan fingerprint density at radius 1 is 1.00 bits per heavy atom. The van der Waals surface area contributed by atoms with Gasteiger partial charge in [0.05, 0.1) is 17.7 Å². The molecule has 1 aliphatic heterocycles. The quantitative estimate of drug-likeness (QED) is 0.577. The van der Waals surface area contributed by atoms with Crippen molar-refractivity contribution in [1.29, 1.82) is 0 Å². The van der Waals surface area contributed by atoms with Gasteiger partial charge in [-0.2, -0.15) is 0 Å². The molecule has 3 nitrogen and oxygen atoms in total. The van der Waals surface area contributed by atoms with E-state index in [1.807, 2.05) is 20.8 Å². The second-order valence-corrected chi connectivity index (χ2v) is 4.52. The third-order valence-electron chi connectivity index (χ3n) is 3.13. The first-order valence-electron chi connectivity index (χ1n) is 5.60. The van der Waals surface area contributed by atoms with Crippen LogP contribution in [0.1, 0.15) is 41.5 Å². The monoisotopic (exact) mass is 229 g/mol. The van der Waals surface area contributed by atoms with Gasteiger partial charge in [-0.25, -0.2) is 0 Å². The summed E-state index contributed by atoms with van der Waals surface area (Å²) in [6, 6.07) is 6.96. The Morgan fingerprint density at radius 2 is 1.47 bits per heavy atom. The van der Waals surface area contributed by atoms with E-state index in [-0.39, 0.29) is 11.8 Å².